The minimum Gasteiger partial charge on any atom is -0.330 e. The highest BCUT2D eigenvalue weighted by molar-refractivity contribution is 7.99. The molecule has 0 amide bonds. The molecule has 1 saturated heterocycles. The number of nitrogens with two attached hydrogens (primary N) is 1. The molecule has 14 heavy (non-hydrogen) atoms. The van der Waals surface area contributed by atoms with Crippen molar-refractivity contribution in [2.45, 2.75) is 6.42 Å². The van der Waals surface area contributed by atoms with Gasteiger partial charge in [-0.05, 0) is 0 Å². The number of hydrogen-bond acceptors (Lipinski definition) is 3. The molecule has 2 nitrogen and oxygen atoms in total. The third-order valence-electron chi connectivity index (χ3n) is 1.80. The van der Waals surface area contributed by atoms with E-state index in [1.165, 1.54) is 24.6 Å². The Hall–Kier alpha value is 0.410. The maximum absolute atomic E-state index is 5.33. The fourth-order valence-corrected chi connectivity index (χ4v) is 2.07. The van der Waals surface area contributed by atoms with Crippen molar-refractivity contribution in [1.29, 1.82) is 0 Å². The van der Waals surface area contributed by atoms with Gasteiger partial charge in [0.15, 0.2) is 0 Å². The van der Waals surface area contributed by atoms with Crippen molar-refractivity contribution in [3.8, 4) is 11.8 Å². The van der Waals surface area contributed by atoms with Gasteiger partial charge in [0.25, 0.3) is 0 Å². The zero-order valence-corrected chi connectivity index (χ0v) is 10.6. The Labute approximate surface area is 103 Å². The number of hydrogen-bond donors (Lipinski definition) is 1. The molecule has 5 heteroatoms. The van der Waals surface area contributed by atoms with Gasteiger partial charge in [0.05, 0.1) is 6.54 Å². The molecule has 1 heterocycles. The summed E-state index contributed by atoms with van der Waals surface area (Å²) in [4.78, 5) is 2.40. The van der Waals surface area contributed by atoms with Gasteiger partial charge in [-0.15, -0.1) is 30.7 Å². The standard InChI is InChI=1S/C9H16N2S.2ClH/c10-4-2-1-3-5-11-6-8-12-9-7-11;;/h2,4-10H2;2*1H. The highest BCUT2D eigenvalue weighted by Crippen LogP contribution is 2.07. The summed E-state index contributed by atoms with van der Waals surface area (Å²) in [6, 6.07) is 0. The second-order valence-corrected chi connectivity index (χ2v) is 4.01. The lowest BCUT2D eigenvalue weighted by atomic mass is 10.4. The average molecular weight is 257 g/mol. The first kappa shape index (κ1) is 16.8. The van der Waals surface area contributed by atoms with Crippen molar-refractivity contribution in [2.24, 2.45) is 5.73 Å². The van der Waals surface area contributed by atoms with E-state index in [-0.39, 0.29) is 24.8 Å². The van der Waals surface area contributed by atoms with Crippen LogP contribution in [0.25, 0.3) is 0 Å². The Balaban J connectivity index is 0. The van der Waals surface area contributed by atoms with Crippen LogP contribution in [0.4, 0.5) is 0 Å². The van der Waals surface area contributed by atoms with Crippen LogP contribution in [-0.2, 0) is 0 Å². The molecule has 1 aliphatic rings. The van der Waals surface area contributed by atoms with Gasteiger partial charge in [0.1, 0.15) is 0 Å². The summed E-state index contributed by atoms with van der Waals surface area (Å²) >= 11 is 2.03. The van der Waals surface area contributed by atoms with Gasteiger partial charge in [-0.3, -0.25) is 4.90 Å². The van der Waals surface area contributed by atoms with Gasteiger partial charge >= 0.3 is 0 Å². The predicted molar refractivity (Wildman–Crippen MR) is 69.7 cm³/mol. The van der Waals surface area contributed by atoms with Crippen molar-refractivity contribution in [1.82, 2.24) is 4.90 Å². The summed E-state index contributed by atoms with van der Waals surface area (Å²) in [5.41, 5.74) is 5.33. The fourth-order valence-electron chi connectivity index (χ4n) is 1.09. The van der Waals surface area contributed by atoms with E-state index in [4.69, 9.17) is 5.73 Å². The molecule has 0 aromatic carbocycles. The molecule has 0 aromatic heterocycles. The van der Waals surface area contributed by atoms with E-state index in [2.05, 4.69) is 16.7 Å². The van der Waals surface area contributed by atoms with Crippen LogP contribution in [0.1, 0.15) is 6.42 Å². The Morgan fingerprint density at radius 1 is 1.14 bits per heavy atom. The van der Waals surface area contributed by atoms with Gasteiger partial charge in [-0.25, -0.2) is 0 Å². The molecule has 0 aliphatic carbocycles. The lowest BCUT2D eigenvalue weighted by Gasteiger charge is -2.23. The molecule has 0 radical (unpaired) electrons. The molecule has 1 aliphatic heterocycles. The Morgan fingerprint density at radius 2 is 1.79 bits per heavy atom. The van der Waals surface area contributed by atoms with E-state index in [1.807, 2.05) is 11.8 Å². The second-order valence-electron chi connectivity index (χ2n) is 2.78. The fraction of sp³-hybridized carbons (Fsp3) is 0.778. The van der Waals surface area contributed by atoms with E-state index in [9.17, 15) is 0 Å². The summed E-state index contributed by atoms with van der Waals surface area (Å²) < 4.78 is 0. The first-order chi connectivity index (χ1) is 5.93. The third kappa shape index (κ3) is 7.78. The van der Waals surface area contributed by atoms with Crippen LogP contribution in [0.5, 0.6) is 0 Å². The highest BCUT2D eigenvalue weighted by Gasteiger charge is 2.07. The molecule has 0 bridgehead atoms. The van der Waals surface area contributed by atoms with E-state index in [0.29, 0.717) is 6.54 Å². The molecular weight excluding hydrogens is 239 g/mol. The Bertz CT molecular complexity index is 173. The summed E-state index contributed by atoms with van der Waals surface area (Å²) in [6.07, 6.45) is 0.836. The molecule has 84 valence electrons. The van der Waals surface area contributed by atoms with E-state index >= 15 is 0 Å². The maximum atomic E-state index is 5.33. The van der Waals surface area contributed by atoms with Gasteiger partial charge in [0.2, 0.25) is 0 Å². The van der Waals surface area contributed by atoms with Gasteiger partial charge in [-0.2, -0.15) is 11.8 Å². The van der Waals surface area contributed by atoms with Gasteiger partial charge < -0.3 is 5.73 Å². The first-order valence-corrected chi connectivity index (χ1v) is 5.55. The summed E-state index contributed by atoms with van der Waals surface area (Å²) in [5.74, 6) is 8.73. The summed E-state index contributed by atoms with van der Waals surface area (Å²) in [7, 11) is 0. The minimum absolute atomic E-state index is 0. The van der Waals surface area contributed by atoms with Crippen LogP contribution in [0, 0.1) is 11.8 Å². The predicted octanol–water partition coefficient (Wildman–Crippen LogP) is 1.23. The zero-order valence-electron chi connectivity index (χ0n) is 8.20. The number of nitrogens with zero attached hydrogens (tertiary/aromatic N) is 1. The smallest absolute Gasteiger partial charge is 0.0602 e. The van der Waals surface area contributed by atoms with Crippen LogP contribution in [0.15, 0.2) is 0 Å². The molecule has 0 aromatic rings. The van der Waals surface area contributed by atoms with Crippen molar-refractivity contribution in [3.63, 3.8) is 0 Å². The zero-order chi connectivity index (χ0) is 8.65. The SMILES string of the molecule is Cl.Cl.NCCC#CCN1CCSCC1. The topological polar surface area (TPSA) is 29.3 Å². The number of thioether (sulfide) groups is 1. The maximum Gasteiger partial charge on any atom is 0.0602 e. The van der Waals surface area contributed by atoms with E-state index in [1.54, 1.807) is 0 Å². The molecular formula is C9H18Cl2N2S. The number of rotatable bonds is 2. The van der Waals surface area contributed by atoms with Crippen LogP contribution in [0.3, 0.4) is 0 Å². The van der Waals surface area contributed by atoms with Crippen LogP contribution in [0.2, 0.25) is 0 Å². The van der Waals surface area contributed by atoms with Crippen LogP contribution < -0.4 is 5.73 Å². The second kappa shape index (κ2) is 11.5. The molecule has 1 rings (SSSR count). The van der Waals surface area contributed by atoms with Gasteiger partial charge in [0, 0.05) is 37.6 Å². The van der Waals surface area contributed by atoms with Gasteiger partial charge in [-0.1, -0.05) is 5.92 Å². The molecule has 0 saturated carbocycles. The average Bonchev–Trinajstić information content (AvgIpc) is 2.14. The van der Waals surface area contributed by atoms with Crippen molar-refractivity contribution in [3.05, 3.63) is 0 Å². The largest absolute Gasteiger partial charge is 0.330 e. The molecule has 2 N–H and O–H groups in total. The first-order valence-electron chi connectivity index (χ1n) is 4.39. The molecule has 1 fully saturated rings. The van der Waals surface area contributed by atoms with Crippen LogP contribution >= 0.6 is 36.6 Å². The monoisotopic (exact) mass is 256 g/mol. The lowest BCUT2D eigenvalue weighted by molar-refractivity contribution is 0.341. The molecule has 0 atom stereocenters. The normalized spacial score (nSPS) is 15.8. The summed E-state index contributed by atoms with van der Waals surface area (Å²) in [5, 5.41) is 0. The highest BCUT2D eigenvalue weighted by atomic mass is 35.5. The Morgan fingerprint density at radius 3 is 2.36 bits per heavy atom. The van der Waals surface area contributed by atoms with Crippen molar-refractivity contribution in [2.75, 3.05) is 37.7 Å². The Kier molecular flexibility index (Phi) is 13.8. The molecule has 0 unspecified atom stereocenters. The van der Waals surface area contributed by atoms with E-state index in [0.717, 1.165) is 13.0 Å². The molecule has 0 spiro atoms. The van der Waals surface area contributed by atoms with E-state index < -0.39 is 0 Å². The third-order valence-corrected chi connectivity index (χ3v) is 2.74. The van der Waals surface area contributed by atoms with Crippen molar-refractivity contribution >= 4 is 36.6 Å². The number of halogens is 2. The minimum atomic E-state index is 0. The lowest BCUT2D eigenvalue weighted by Crippen LogP contribution is -2.32. The summed E-state index contributed by atoms with van der Waals surface area (Å²) in [6.45, 7) is 4.01. The van der Waals surface area contributed by atoms with Crippen molar-refractivity contribution < 1.29 is 0 Å². The van der Waals surface area contributed by atoms with Crippen LogP contribution in [-0.4, -0.2) is 42.6 Å². The quantitative estimate of drug-likeness (QED) is 0.754.